The van der Waals surface area contributed by atoms with E-state index in [0.717, 1.165) is 10.1 Å². The van der Waals surface area contributed by atoms with Gasteiger partial charge >= 0.3 is 0 Å². The Bertz CT molecular complexity index is 792. The molecule has 2 heterocycles. The summed E-state index contributed by atoms with van der Waals surface area (Å²) >= 11 is 4.44. The number of nitrogens with one attached hydrogen (secondary N) is 1. The third-order valence-corrected chi connectivity index (χ3v) is 5.93. The molecule has 3 aromatic rings. The van der Waals surface area contributed by atoms with Gasteiger partial charge in [-0.2, -0.15) is 0 Å². The van der Waals surface area contributed by atoms with Crippen LogP contribution in [0, 0.1) is 13.8 Å². The van der Waals surface area contributed by atoms with Crippen molar-refractivity contribution < 1.29 is 4.79 Å². The number of hydrogen-bond donors (Lipinski definition) is 1. The van der Waals surface area contributed by atoms with Crippen molar-refractivity contribution in [1.29, 1.82) is 0 Å². The van der Waals surface area contributed by atoms with Crippen molar-refractivity contribution in [2.45, 2.75) is 23.9 Å². The number of thiophene rings is 1. The number of anilines is 1. The monoisotopic (exact) mass is 361 g/mol. The zero-order valence-corrected chi connectivity index (χ0v) is 15.1. The molecule has 0 radical (unpaired) electrons. The fourth-order valence-corrected chi connectivity index (χ4v) is 4.48. The van der Waals surface area contributed by atoms with E-state index >= 15 is 0 Å². The number of aryl methyl sites for hydroxylation is 2. The average molecular weight is 362 g/mol. The van der Waals surface area contributed by atoms with Crippen LogP contribution >= 0.6 is 34.4 Å². The zero-order valence-electron chi connectivity index (χ0n) is 12.7. The summed E-state index contributed by atoms with van der Waals surface area (Å²) in [5.41, 5.74) is 3.80. The van der Waals surface area contributed by atoms with Gasteiger partial charge in [0.05, 0.1) is 4.88 Å². The van der Waals surface area contributed by atoms with E-state index in [0.29, 0.717) is 10.0 Å². The Balaban J connectivity index is 1.60. The number of carbonyl (C=O) groups excluding carboxylic acids is 1. The Kier molecular flexibility index (Phi) is 5.09. The Labute approximate surface area is 147 Å². The molecule has 3 rings (SSSR count). The maximum Gasteiger partial charge on any atom is 0.267 e. The van der Waals surface area contributed by atoms with E-state index in [4.69, 9.17) is 0 Å². The third kappa shape index (κ3) is 4.40. The first kappa shape index (κ1) is 16.2. The number of carbonyl (C=O) groups is 1. The topological polar surface area (TPSA) is 54.9 Å². The molecule has 118 valence electrons. The minimum atomic E-state index is -0.137. The summed E-state index contributed by atoms with van der Waals surface area (Å²) in [6, 6.07) is 10.2. The van der Waals surface area contributed by atoms with Gasteiger partial charge in [-0.05, 0) is 30.9 Å². The highest BCUT2D eigenvalue weighted by atomic mass is 32.2. The van der Waals surface area contributed by atoms with Crippen LogP contribution in [0.3, 0.4) is 0 Å². The molecule has 0 saturated carbocycles. The largest absolute Gasteiger partial charge is 0.296 e. The minimum absolute atomic E-state index is 0.137. The minimum Gasteiger partial charge on any atom is -0.296 e. The maximum absolute atomic E-state index is 12.0. The molecule has 0 bridgehead atoms. The maximum atomic E-state index is 12.0. The molecule has 2 aromatic heterocycles. The van der Waals surface area contributed by atoms with Gasteiger partial charge in [0.15, 0.2) is 4.34 Å². The standard InChI is InChI=1S/C16H15N3OS3/c1-10-6-11(2)8-12(7-10)9-22-16-19-18-15(23-16)17-14(20)13-4-3-5-21-13/h3-8H,9H2,1-2H3,(H,17,18,20). The summed E-state index contributed by atoms with van der Waals surface area (Å²) in [6.07, 6.45) is 0. The summed E-state index contributed by atoms with van der Waals surface area (Å²) in [4.78, 5) is 12.6. The summed E-state index contributed by atoms with van der Waals surface area (Å²) in [5, 5.41) is 13.4. The van der Waals surface area contributed by atoms with E-state index in [1.165, 1.54) is 39.4 Å². The number of nitrogens with zero attached hydrogens (tertiary/aromatic N) is 2. The predicted molar refractivity (Wildman–Crippen MR) is 97.7 cm³/mol. The molecule has 0 aliphatic carbocycles. The van der Waals surface area contributed by atoms with Gasteiger partial charge in [-0.15, -0.1) is 21.5 Å². The molecule has 1 N–H and O–H groups in total. The van der Waals surface area contributed by atoms with Crippen LogP contribution in [-0.4, -0.2) is 16.1 Å². The van der Waals surface area contributed by atoms with Gasteiger partial charge in [0.25, 0.3) is 5.91 Å². The molecule has 0 fully saturated rings. The van der Waals surface area contributed by atoms with Gasteiger partial charge in [0, 0.05) is 5.75 Å². The van der Waals surface area contributed by atoms with Crippen molar-refractivity contribution in [3.63, 3.8) is 0 Å². The third-order valence-electron chi connectivity index (χ3n) is 3.02. The highest BCUT2D eigenvalue weighted by Gasteiger charge is 2.11. The fraction of sp³-hybridized carbons (Fsp3) is 0.188. The molecule has 0 aliphatic rings. The van der Waals surface area contributed by atoms with E-state index < -0.39 is 0 Å². The van der Waals surface area contributed by atoms with Crippen molar-refractivity contribution in [3.8, 4) is 0 Å². The first-order chi connectivity index (χ1) is 11.1. The van der Waals surface area contributed by atoms with Crippen LogP contribution in [0.15, 0.2) is 40.1 Å². The quantitative estimate of drug-likeness (QED) is 0.526. The molecule has 0 spiro atoms. The van der Waals surface area contributed by atoms with Crippen LogP contribution in [0.1, 0.15) is 26.4 Å². The fourth-order valence-electron chi connectivity index (χ4n) is 2.18. The summed E-state index contributed by atoms with van der Waals surface area (Å²) in [7, 11) is 0. The van der Waals surface area contributed by atoms with Crippen molar-refractivity contribution in [1.82, 2.24) is 10.2 Å². The van der Waals surface area contributed by atoms with Gasteiger partial charge in [0.1, 0.15) is 0 Å². The smallest absolute Gasteiger partial charge is 0.267 e. The van der Waals surface area contributed by atoms with E-state index in [1.807, 2.05) is 11.4 Å². The predicted octanol–water partition coefficient (Wildman–Crippen LogP) is 4.76. The highest BCUT2D eigenvalue weighted by Crippen LogP contribution is 2.29. The Morgan fingerprint density at radius 1 is 1.22 bits per heavy atom. The number of aromatic nitrogens is 2. The Morgan fingerprint density at radius 3 is 2.70 bits per heavy atom. The van der Waals surface area contributed by atoms with Crippen LogP contribution in [-0.2, 0) is 5.75 Å². The number of thioether (sulfide) groups is 1. The van der Waals surface area contributed by atoms with Crippen molar-refractivity contribution in [2.75, 3.05) is 5.32 Å². The lowest BCUT2D eigenvalue weighted by atomic mass is 10.1. The van der Waals surface area contributed by atoms with Gasteiger partial charge < -0.3 is 0 Å². The highest BCUT2D eigenvalue weighted by molar-refractivity contribution is 8.00. The molecule has 0 atom stereocenters. The van der Waals surface area contributed by atoms with Gasteiger partial charge in [-0.25, -0.2) is 0 Å². The molecule has 0 unspecified atom stereocenters. The number of rotatable bonds is 5. The first-order valence-electron chi connectivity index (χ1n) is 6.98. The van der Waals surface area contributed by atoms with Crippen LogP contribution in [0.5, 0.6) is 0 Å². The number of hydrogen-bond acceptors (Lipinski definition) is 6. The zero-order chi connectivity index (χ0) is 16.2. The van der Waals surface area contributed by atoms with E-state index in [2.05, 4.69) is 47.6 Å². The lowest BCUT2D eigenvalue weighted by Gasteiger charge is -2.03. The second-order valence-electron chi connectivity index (χ2n) is 5.09. The normalized spacial score (nSPS) is 10.7. The SMILES string of the molecule is Cc1cc(C)cc(CSc2nnc(NC(=O)c3cccs3)s2)c1. The molecule has 1 amide bonds. The van der Waals surface area contributed by atoms with Crippen LogP contribution in [0.25, 0.3) is 0 Å². The second-order valence-corrected chi connectivity index (χ2v) is 8.24. The summed E-state index contributed by atoms with van der Waals surface area (Å²) in [5.74, 6) is 0.706. The van der Waals surface area contributed by atoms with E-state index in [1.54, 1.807) is 17.8 Å². The lowest BCUT2D eigenvalue weighted by molar-refractivity contribution is 0.103. The Hall–Kier alpha value is -1.70. The molecule has 0 aliphatic heterocycles. The number of benzene rings is 1. The summed E-state index contributed by atoms with van der Waals surface area (Å²) < 4.78 is 0.852. The summed E-state index contributed by atoms with van der Waals surface area (Å²) in [6.45, 7) is 4.20. The average Bonchev–Trinajstić information content (AvgIpc) is 3.15. The van der Waals surface area contributed by atoms with Crippen LogP contribution in [0.4, 0.5) is 5.13 Å². The molecular formula is C16H15N3OS3. The molecule has 4 nitrogen and oxygen atoms in total. The van der Waals surface area contributed by atoms with Gasteiger partial charge in [0.2, 0.25) is 5.13 Å². The molecule has 1 aromatic carbocycles. The molecule has 23 heavy (non-hydrogen) atoms. The first-order valence-corrected chi connectivity index (χ1v) is 9.66. The van der Waals surface area contributed by atoms with Crippen molar-refractivity contribution in [2.24, 2.45) is 0 Å². The van der Waals surface area contributed by atoms with Crippen molar-refractivity contribution >= 4 is 45.5 Å². The number of amides is 1. The van der Waals surface area contributed by atoms with Crippen LogP contribution in [0.2, 0.25) is 0 Å². The molecular weight excluding hydrogens is 346 g/mol. The van der Waals surface area contributed by atoms with Crippen LogP contribution < -0.4 is 5.32 Å². The van der Waals surface area contributed by atoms with Gasteiger partial charge in [-0.1, -0.05) is 58.5 Å². The second kappa shape index (κ2) is 7.25. The van der Waals surface area contributed by atoms with Crippen molar-refractivity contribution in [3.05, 3.63) is 57.3 Å². The lowest BCUT2D eigenvalue weighted by Crippen LogP contribution is -2.09. The molecule has 0 saturated heterocycles. The Morgan fingerprint density at radius 2 is 2.00 bits per heavy atom. The molecule has 7 heteroatoms. The van der Waals surface area contributed by atoms with Gasteiger partial charge in [-0.3, -0.25) is 10.1 Å². The van der Waals surface area contributed by atoms with E-state index in [9.17, 15) is 4.79 Å². The van der Waals surface area contributed by atoms with E-state index in [-0.39, 0.29) is 5.91 Å².